The zero-order chi connectivity index (χ0) is 18.0. The topological polar surface area (TPSA) is 74.6 Å². The quantitative estimate of drug-likeness (QED) is 0.199. The van der Waals surface area contributed by atoms with Crippen molar-refractivity contribution in [2.24, 2.45) is 5.92 Å². The molecular weight excluding hydrogens is 304 g/mol. The van der Waals surface area contributed by atoms with Gasteiger partial charge in [-0.3, -0.25) is 9.59 Å². The third kappa shape index (κ3) is 14.3. The molecule has 0 aliphatic carbocycles. The number of carboxylic acid groups (broad SMARTS) is 2. The lowest BCUT2D eigenvalue weighted by Gasteiger charge is -2.03. The van der Waals surface area contributed by atoms with E-state index in [1.54, 1.807) is 6.08 Å². The van der Waals surface area contributed by atoms with E-state index >= 15 is 0 Å². The molecule has 0 atom stereocenters. The summed E-state index contributed by atoms with van der Waals surface area (Å²) in [7, 11) is 0. The van der Waals surface area contributed by atoms with Gasteiger partial charge in [0.15, 0.2) is 5.92 Å². The van der Waals surface area contributed by atoms with Gasteiger partial charge in [0.1, 0.15) is 0 Å². The first kappa shape index (κ1) is 22.7. The van der Waals surface area contributed by atoms with E-state index < -0.39 is 17.9 Å². The van der Waals surface area contributed by atoms with Crippen LogP contribution in [-0.2, 0) is 9.59 Å². The number of hydrogen-bond acceptors (Lipinski definition) is 2. The first-order valence-corrected chi connectivity index (χ1v) is 9.70. The van der Waals surface area contributed by atoms with Crippen LogP contribution in [0.1, 0.15) is 96.8 Å². The summed E-state index contributed by atoms with van der Waals surface area (Å²) in [6.45, 7) is 2.25. The van der Waals surface area contributed by atoms with Crippen LogP contribution in [0.3, 0.4) is 0 Å². The summed E-state index contributed by atoms with van der Waals surface area (Å²) in [5.74, 6) is -3.85. The van der Waals surface area contributed by atoms with Crippen LogP contribution in [0.2, 0.25) is 0 Å². The van der Waals surface area contributed by atoms with Gasteiger partial charge in [-0.2, -0.15) is 0 Å². The van der Waals surface area contributed by atoms with Crippen molar-refractivity contribution in [3.63, 3.8) is 0 Å². The first-order chi connectivity index (χ1) is 11.6. The van der Waals surface area contributed by atoms with E-state index in [-0.39, 0.29) is 6.42 Å². The summed E-state index contributed by atoms with van der Waals surface area (Å²) in [5, 5.41) is 17.5. The van der Waals surface area contributed by atoms with Crippen molar-refractivity contribution < 1.29 is 19.8 Å². The van der Waals surface area contributed by atoms with Gasteiger partial charge < -0.3 is 10.2 Å². The molecule has 0 aromatic heterocycles. The van der Waals surface area contributed by atoms with E-state index in [4.69, 9.17) is 10.2 Å². The Labute approximate surface area is 147 Å². The molecule has 24 heavy (non-hydrogen) atoms. The Morgan fingerprint density at radius 1 is 0.708 bits per heavy atom. The summed E-state index contributed by atoms with van der Waals surface area (Å²) in [4.78, 5) is 21.4. The molecule has 0 spiro atoms. The first-order valence-electron chi connectivity index (χ1n) is 9.70. The maximum Gasteiger partial charge on any atom is 0.318 e. The second kappa shape index (κ2) is 16.5. The predicted octanol–water partition coefficient (Wildman–Crippen LogP) is 5.81. The van der Waals surface area contributed by atoms with Gasteiger partial charge in [0.05, 0.1) is 0 Å². The van der Waals surface area contributed by atoms with E-state index in [0.717, 1.165) is 12.8 Å². The number of unbranched alkanes of at least 4 members (excludes halogenated alkanes) is 12. The molecule has 4 nitrogen and oxygen atoms in total. The largest absolute Gasteiger partial charge is 0.481 e. The van der Waals surface area contributed by atoms with Gasteiger partial charge in [-0.25, -0.2) is 0 Å². The van der Waals surface area contributed by atoms with E-state index in [2.05, 4.69) is 6.92 Å². The highest BCUT2D eigenvalue weighted by molar-refractivity contribution is 5.92. The Morgan fingerprint density at radius 2 is 1.12 bits per heavy atom. The Bertz CT molecular complexity index is 336. The lowest BCUT2D eigenvalue weighted by Crippen LogP contribution is -2.22. The molecule has 0 unspecified atom stereocenters. The van der Waals surface area contributed by atoms with Crippen molar-refractivity contribution in [1.29, 1.82) is 0 Å². The summed E-state index contributed by atoms with van der Waals surface area (Å²) >= 11 is 0. The number of hydrogen-bond donors (Lipinski definition) is 2. The van der Waals surface area contributed by atoms with Gasteiger partial charge in [-0.15, -0.1) is 0 Å². The third-order valence-electron chi connectivity index (χ3n) is 4.36. The molecule has 0 heterocycles. The Hall–Kier alpha value is -1.32. The summed E-state index contributed by atoms with van der Waals surface area (Å²) in [6, 6.07) is 0. The maximum atomic E-state index is 10.7. The normalized spacial score (nSPS) is 11.4. The number of rotatable bonds is 17. The maximum absolute atomic E-state index is 10.7. The van der Waals surface area contributed by atoms with Crippen LogP contribution >= 0.6 is 0 Å². The van der Waals surface area contributed by atoms with Crippen LogP contribution in [0.15, 0.2) is 12.2 Å². The highest BCUT2D eigenvalue weighted by atomic mass is 16.4. The minimum atomic E-state index is -1.32. The summed E-state index contributed by atoms with van der Waals surface area (Å²) in [5.41, 5.74) is 0. The highest BCUT2D eigenvalue weighted by Crippen LogP contribution is 2.13. The van der Waals surface area contributed by atoms with Crippen LogP contribution in [0.4, 0.5) is 0 Å². The van der Waals surface area contributed by atoms with Crippen LogP contribution in [0.5, 0.6) is 0 Å². The molecule has 0 bridgehead atoms. The molecule has 0 aliphatic heterocycles. The second-order valence-corrected chi connectivity index (χ2v) is 6.61. The molecule has 0 rings (SSSR count). The number of carbonyl (C=O) groups is 2. The number of allylic oxidation sites excluding steroid dienone is 2. The van der Waals surface area contributed by atoms with Crippen molar-refractivity contribution in [2.45, 2.75) is 96.8 Å². The van der Waals surface area contributed by atoms with Crippen LogP contribution in [0, 0.1) is 5.92 Å². The number of carboxylic acids is 2. The standard InChI is InChI=1S/C20H36O4/c1-2-3-4-5-6-7-8-9-10-11-12-13-14-15-16-17-18(19(21)22)20(23)24/h15-16,18H,2-14,17H2,1H3,(H,21,22)(H,23,24)/b16-15-. The van der Waals surface area contributed by atoms with E-state index in [9.17, 15) is 9.59 Å². The van der Waals surface area contributed by atoms with E-state index in [1.807, 2.05) is 6.08 Å². The van der Waals surface area contributed by atoms with Gasteiger partial charge >= 0.3 is 11.9 Å². The fourth-order valence-corrected chi connectivity index (χ4v) is 2.76. The minimum absolute atomic E-state index is 0.0723. The smallest absolute Gasteiger partial charge is 0.318 e. The second-order valence-electron chi connectivity index (χ2n) is 6.61. The molecule has 4 heteroatoms. The molecule has 0 fully saturated rings. The minimum Gasteiger partial charge on any atom is -0.481 e. The van der Waals surface area contributed by atoms with Crippen molar-refractivity contribution in [3.05, 3.63) is 12.2 Å². The molecular formula is C20H36O4. The molecule has 0 radical (unpaired) electrons. The fraction of sp³-hybridized carbons (Fsp3) is 0.800. The Morgan fingerprint density at radius 3 is 1.54 bits per heavy atom. The summed E-state index contributed by atoms with van der Waals surface area (Å²) < 4.78 is 0. The molecule has 0 saturated heterocycles. The molecule has 0 aliphatic rings. The zero-order valence-electron chi connectivity index (χ0n) is 15.3. The lowest BCUT2D eigenvalue weighted by atomic mass is 10.0. The molecule has 0 aromatic rings. The van der Waals surface area contributed by atoms with Crippen LogP contribution in [-0.4, -0.2) is 22.2 Å². The Balaban J connectivity index is 3.34. The molecule has 140 valence electrons. The van der Waals surface area contributed by atoms with Crippen molar-refractivity contribution >= 4 is 11.9 Å². The van der Waals surface area contributed by atoms with Gasteiger partial charge in [-0.1, -0.05) is 89.7 Å². The van der Waals surface area contributed by atoms with Gasteiger partial charge in [0, 0.05) is 0 Å². The number of aliphatic carboxylic acids is 2. The van der Waals surface area contributed by atoms with Crippen molar-refractivity contribution in [1.82, 2.24) is 0 Å². The van der Waals surface area contributed by atoms with E-state index in [0.29, 0.717) is 0 Å². The van der Waals surface area contributed by atoms with Crippen LogP contribution in [0.25, 0.3) is 0 Å². The third-order valence-corrected chi connectivity index (χ3v) is 4.36. The Kier molecular flexibility index (Phi) is 15.6. The van der Waals surface area contributed by atoms with Gasteiger partial charge in [0.2, 0.25) is 0 Å². The predicted molar refractivity (Wildman–Crippen MR) is 98.2 cm³/mol. The zero-order valence-corrected chi connectivity index (χ0v) is 15.3. The average Bonchev–Trinajstić information content (AvgIpc) is 2.53. The average molecular weight is 341 g/mol. The SMILES string of the molecule is CCCCCCCCCCCCCC/C=C\CC(C(=O)O)C(=O)O. The van der Waals surface area contributed by atoms with Crippen molar-refractivity contribution in [3.8, 4) is 0 Å². The monoisotopic (exact) mass is 340 g/mol. The van der Waals surface area contributed by atoms with Gasteiger partial charge in [0.25, 0.3) is 0 Å². The molecule has 2 N–H and O–H groups in total. The molecule has 0 amide bonds. The molecule has 0 aromatic carbocycles. The van der Waals surface area contributed by atoms with E-state index in [1.165, 1.54) is 70.6 Å². The molecule has 0 saturated carbocycles. The van der Waals surface area contributed by atoms with Crippen molar-refractivity contribution in [2.75, 3.05) is 0 Å². The lowest BCUT2D eigenvalue weighted by molar-refractivity contribution is -0.154. The summed E-state index contributed by atoms with van der Waals surface area (Å²) in [6.07, 6.45) is 20.4. The van der Waals surface area contributed by atoms with Gasteiger partial charge in [-0.05, 0) is 19.3 Å². The fourth-order valence-electron chi connectivity index (χ4n) is 2.76. The highest BCUT2D eigenvalue weighted by Gasteiger charge is 2.23. The van der Waals surface area contributed by atoms with Crippen LogP contribution < -0.4 is 0 Å².